The van der Waals surface area contributed by atoms with Crippen molar-refractivity contribution in [1.82, 2.24) is 25.6 Å². The van der Waals surface area contributed by atoms with Gasteiger partial charge in [-0.1, -0.05) is 54.6 Å². The second kappa shape index (κ2) is 16.5. The first-order valence-corrected chi connectivity index (χ1v) is 23.6. The molecule has 3 saturated heterocycles. The Kier molecular flexibility index (Phi) is 11.4. The third kappa shape index (κ3) is 7.74. The van der Waals surface area contributed by atoms with E-state index >= 15 is 4.79 Å². The molecule has 0 saturated carbocycles. The highest BCUT2D eigenvalue weighted by Gasteiger charge is 2.66. The van der Waals surface area contributed by atoms with Crippen LogP contribution in [-0.2, 0) is 37.8 Å². The zero-order chi connectivity index (χ0) is 40.6. The first-order valence-electron chi connectivity index (χ1n) is 20.6. The average molecular weight is 807 g/mol. The van der Waals surface area contributed by atoms with E-state index in [9.17, 15) is 19.5 Å². The van der Waals surface area contributed by atoms with E-state index < -0.39 is 25.9 Å². The number of aryl methyl sites for hydroxylation is 1. The Balaban J connectivity index is 1.10. The molecule has 4 aliphatic rings. The number of amides is 3. The van der Waals surface area contributed by atoms with E-state index in [0.29, 0.717) is 41.3 Å². The number of aliphatic hydroxyl groups is 1. The first-order chi connectivity index (χ1) is 28.0. The van der Waals surface area contributed by atoms with E-state index in [0.717, 1.165) is 49.9 Å². The zero-order valence-electron chi connectivity index (χ0n) is 33.4. The van der Waals surface area contributed by atoms with E-state index in [4.69, 9.17) is 4.74 Å². The number of ether oxygens (including phenoxy) is 1. The van der Waals surface area contributed by atoms with E-state index in [1.165, 1.54) is 0 Å². The quantitative estimate of drug-likeness (QED) is 0.107. The van der Waals surface area contributed by atoms with Crippen molar-refractivity contribution in [3.8, 4) is 0 Å². The van der Waals surface area contributed by atoms with Crippen LogP contribution in [0.5, 0.6) is 0 Å². The third-order valence-corrected chi connectivity index (χ3v) is 15.0. The number of fused-ring (bicyclic) bond motifs is 2. The summed E-state index contributed by atoms with van der Waals surface area (Å²) in [7, 11) is -2.98. The summed E-state index contributed by atoms with van der Waals surface area (Å²) >= 11 is 0. The minimum atomic E-state index is -2.98. The standard InChI is InChI=1S/C43H54N8O6Si/c1-27-39(58(2,3)56)38(18-21-50-25-36(48-49-50)32(26-52)29-11-5-4-6-12-29)57-43(27)33-23-31(47-41(54)35-15-9-20-45-35)16-17-37(33)51(42(43)55)24-28-10-7-13-30(22-28)46-40(53)34-14-8-19-44-34/h4-7,10-13,16-17,22-23,25,27,32,34-35,38-39,44-45,52,56H,8-9,14-15,18-21,24,26H2,1-3H3,(H,46,53)(H,47,54)/t27-,32?,34-,35-,38+,39-,43+/m1/s1. The fourth-order valence-corrected chi connectivity index (χ4v) is 12.3. The molecule has 0 bridgehead atoms. The van der Waals surface area contributed by atoms with Crippen molar-refractivity contribution >= 4 is 43.1 Å². The number of hydrogen-bond donors (Lipinski definition) is 6. The van der Waals surface area contributed by atoms with Gasteiger partial charge in [0.05, 0.1) is 48.6 Å². The van der Waals surface area contributed by atoms with Crippen LogP contribution in [0.15, 0.2) is 79.0 Å². The van der Waals surface area contributed by atoms with Gasteiger partial charge in [0.2, 0.25) is 11.8 Å². The molecular weight excluding hydrogens is 753 g/mol. The fourth-order valence-electron chi connectivity index (χ4n) is 9.68. The number of carbonyl (C=O) groups excluding carboxylic acids is 3. The van der Waals surface area contributed by atoms with Crippen LogP contribution in [0.1, 0.15) is 67.3 Å². The molecule has 8 rings (SSSR count). The van der Waals surface area contributed by atoms with Crippen molar-refractivity contribution in [2.24, 2.45) is 5.92 Å². The van der Waals surface area contributed by atoms with Gasteiger partial charge in [-0.3, -0.25) is 19.1 Å². The van der Waals surface area contributed by atoms with Gasteiger partial charge in [-0.25, -0.2) is 0 Å². The molecule has 306 valence electrons. The van der Waals surface area contributed by atoms with Crippen molar-refractivity contribution in [1.29, 1.82) is 0 Å². The Morgan fingerprint density at radius 2 is 1.66 bits per heavy atom. The predicted molar refractivity (Wildman–Crippen MR) is 223 cm³/mol. The fraction of sp³-hybridized carbons (Fsp3) is 0.465. The van der Waals surface area contributed by atoms with Crippen molar-refractivity contribution in [3.05, 3.63) is 101 Å². The molecule has 3 fully saturated rings. The number of nitrogens with one attached hydrogen (secondary N) is 4. The van der Waals surface area contributed by atoms with Crippen molar-refractivity contribution in [2.45, 2.75) is 100 Å². The molecular formula is C43H54N8O6Si. The second-order valence-corrected chi connectivity index (χ2v) is 20.8. The molecule has 4 aliphatic heterocycles. The number of rotatable bonds is 13. The van der Waals surface area contributed by atoms with Gasteiger partial charge >= 0.3 is 0 Å². The Bertz CT molecular complexity index is 2130. The van der Waals surface area contributed by atoms with Crippen LogP contribution in [0.25, 0.3) is 0 Å². The Labute approximate surface area is 339 Å². The van der Waals surface area contributed by atoms with Gasteiger partial charge < -0.3 is 40.8 Å². The number of benzene rings is 3. The van der Waals surface area contributed by atoms with Crippen LogP contribution >= 0.6 is 0 Å². The molecule has 3 aromatic carbocycles. The van der Waals surface area contributed by atoms with Gasteiger partial charge in [-0.2, -0.15) is 0 Å². The molecule has 5 heterocycles. The molecule has 6 N–H and O–H groups in total. The summed E-state index contributed by atoms with van der Waals surface area (Å²) in [6.07, 6.45) is 5.22. The van der Waals surface area contributed by atoms with Crippen molar-refractivity contribution < 1.29 is 29.0 Å². The van der Waals surface area contributed by atoms with Gasteiger partial charge in [0.1, 0.15) is 0 Å². The number of anilines is 3. The molecule has 1 spiro atoms. The maximum Gasteiger partial charge on any atom is 0.264 e. The Morgan fingerprint density at radius 1 is 0.966 bits per heavy atom. The summed E-state index contributed by atoms with van der Waals surface area (Å²) in [5.41, 5.74) is 3.20. The van der Waals surface area contributed by atoms with Crippen LogP contribution in [0.2, 0.25) is 18.6 Å². The van der Waals surface area contributed by atoms with E-state index in [2.05, 4.69) is 31.6 Å². The highest BCUT2D eigenvalue weighted by molar-refractivity contribution is 6.71. The molecule has 3 amide bonds. The number of carbonyl (C=O) groups is 3. The summed E-state index contributed by atoms with van der Waals surface area (Å²) in [6.45, 7) is 7.92. The minimum absolute atomic E-state index is 0.0776. The SMILES string of the molecule is C[C@@H]1[C@@H]([Si](C)(C)O)[C@H](CCn2cc(C(CO)c3ccccc3)nn2)O[C@@]12C(=O)N(Cc1cccc(NC(=O)[C@H]3CCCN3)c1)c1ccc(NC(=O)[C@H]3CCCN3)cc12. The summed E-state index contributed by atoms with van der Waals surface area (Å²) in [4.78, 5) is 55.1. The number of nitrogens with zero attached hydrogens (tertiary/aromatic N) is 4. The molecule has 15 heteroatoms. The van der Waals surface area contributed by atoms with Gasteiger partial charge in [-0.05, 0) is 99.7 Å². The maximum atomic E-state index is 15.2. The van der Waals surface area contributed by atoms with Gasteiger partial charge in [0.25, 0.3) is 5.91 Å². The largest absolute Gasteiger partial charge is 0.432 e. The van der Waals surface area contributed by atoms with Gasteiger partial charge in [0.15, 0.2) is 13.9 Å². The lowest BCUT2D eigenvalue weighted by Crippen LogP contribution is -2.46. The lowest BCUT2D eigenvalue weighted by molar-refractivity contribution is -0.146. The summed E-state index contributed by atoms with van der Waals surface area (Å²) in [5, 5.41) is 31.7. The summed E-state index contributed by atoms with van der Waals surface area (Å²) in [6, 6.07) is 22.3. The molecule has 1 aromatic heterocycles. The van der Waals surface area contributed by atoms with Gasteiger partial charge in [0, 0.05) is 41.1 Å². The molecule has 58 heavy (non-hydrogen) atoms. The Morgan fingerprint density at radius 3 is 2.29 bits per heavy atom. The van der Waals surface area contributed by atoms with Crippen LogP contribution in [-0.4, -0.2) is 88.8 Å². The van der Waals surface area contributed by atoms with Gasteiger partial charge in [-0.15, -0.1) is 5.10 Å². The molecule has 7 atom stereocenters. The van der Waals surface area contributed by atoms with Crippen LogP contribution < -0.4 is 26.2 Å². The number of aliphatic hydroxyl groups excluding tert-OH is 1. The van der Waals surface area contributed by atoms with Crippen LogP contribution in [0, 0.1) is 5.92 Å². The molecule has 1 unspecified atom stereocenters. The van der Waals surface area contributed by atoms with E-state index in [1.807, 2.05) is 99.0 Å². The first kappa shape index (κ1) is 40.0. The lowest BCUT2D eigenvalue weighted by atomic mass is 9.82. The molecule has 4 aromatic rings. The molecule has 0 radical (unpaired) electrons. The normalized spacial score (nSPS) is 26.0. The average Bonchev–Trinajstić information content (AvgIpc) is 4.06. The molecule has 14 nitrogen and oxygen atoms in total. The topological polar surface area (TPSA) is 183 Å². The highest BCUT2D eigenvalue weighted by atomic mass is 28.4. The smallest absolute Gasteiger partial charge is 0.264 e. The van der Waals surface area contributed by atoms with Crippen LogP contribution in [0.3, 0.4) is 0 Å². The number of hydrogen-bond acceptors (Lipinski definition) is 10. The molecule has 0 aliphatic carbocycles. The van der Waals surface area contributed by atoms with Crippen molar-refractivity contribution in [3.63, 3.8) is 0 Å². The summed E-state index contributed by atoms with van der Waals surface area (Å²) < 4.78 is 8.86. The zero-order valence-corrected chi connectivity index (χ0v) is 34.4. The maximum absolute atomic E-state index is 15.2. The van der Waals surface area contributed by atoms with E-state index in [-0.39, 0.29) is 54.4 Å². The van der Waals surface area contributed by atoms with Crippen LogP contribution in [0.4, 0.5) is 17.1 Å². The lowest BCUT2D eigenvalue weighted by Gasteiger charge is -2.32. The predicted octanol–water partition coefficient (Wildman–Crippen LogP) is 4.22. The Hall–Kier alpha value is -4.77. The highest BCUT2D eigenvalue weighted by Crippen LogP contribution is 2.60. The monoisotopic (exact) mass is 806 g/mol. The van der Waals surface area contributed by atoms with Crippen molar-refractivity contribution in [2.75, 3.05) is 35.2 Å². The number of aromatic nitrogens is 3. The van der Waals surface area contributed by atoms with E-state index in [1.54, 1.807) is 9.58 Å². The second-order valence-electron chi connectivity index (χ2n) is 16.8. The third-order valence-electron chi connectivity index (χ3n) is 12.5. The minimum Gasteiger partial charge on any atom is -0.432 e. The summed E-state index contributed by atoms with van der Waals surface area (Å²) in [5.74, 6) is -1.18.